The molecule has 0 bridgehead atoms. The summed E-state index contributed by atoms with van der Waals surface area (Å²) in [6.45, 7) is 1.97. The summed E-state index contributed by atoms with van der Waals surface area (Å²) in [6, 6.07) is 7.45. The lowest BCUT2D eigenvalue weighted by Crippen LogP contribution is -2.17. The zero-order valence-electron chi connectivity index (χ0n) is 12.9. The molecule has 3 heterocycles. The molecule has 118 valence electrons. The maximum Gasteiger partial charge on any atom is 0.269 e. The molecule has 1 aromatic carbocycles. The molecule has 3 aromatic heterocycles. The van der Waals surface area contributed by atoms with Crippen molar-refractivity contribution >= 4 is 33.5 Å². The molecule has 0 aliphatic carbocycles. The van der Waals surface area contributed by atoms with Gasteiger partial charge in [-0.05, 0) is 36.2 Å². The Labute approximate surface area is 136 Å². The van der Waals surface area contributed by atoms with Crippen LogP contribution in [-0.2, 0) is 0 Å². The molecule has 1 amide bonds. The number of nitrogen functional groups attached to an aromatic ring is 1. The Morgan fingerprint density at radius 3 is 2.83 bits per heavy atom. The molecule has 24 heavy (non-hydrogen) atoms. The van der Waals surface area contributed by atoms with Crippen molar-refractivity contribution in [1.82, 2.24) is 20.2 Å². The van der Waals surface area contributed by atoms with Crippen LogP contribution in [0.1, 0.15) is 16.1 Å². The van der Waals surface area contributed by atoms with E-state index in [1.807, 2.05) is 19.1 Å². The molecule has 0 fully saturated rings. The molecule has 4 aromatic rings. The van der Waals surface area contributed by atoms with Crippen LogP contribution in [0.2, 0.25) is 0 Å². The van der Waals surface area contributed by atoms with Crippen molar-refractivity contribution < 1.29 is 4.79 Å². The number of nitrogens with zero attached hydrogens (tertiary/aromatic N) is 3. The molecular weight excluding hydrogens is 304 g/mol. The molecule has 0 saturated carbocycles. The van der Waals surface area contributed by atoms with Crippen LogP contribution in [0.15, 0.2) is 36.7 Å². The summed E-state index contributed by atoms with van der Waals surface area (Å²) in [5.74, 6) is -0.670. The van der Waals surface area contributed by atoms with Crippen molar-refractivity contribution in [2.75, 3.05) is 5.73 Å². The van der Waals surface area contributed by atoms with Gasteiger partial charge in [-0.25, -0.2) is 4.98 Å². The van der Waals surface area contributed by atoms with E-state index < -0.39 is 5.91 Å². The Balaban J connectivity index is 2.24. The van der Waals surface area contributed by atoms with E-state index >= 15 is 0 Å². The van der Waals surface area contributed by atoms with Gasteiger partial charge in [0.15, 0.2) is 5.69 Å². The van der Waals surface area contributed by atoms with Gasteiger partial charge in [-0.2, -0.15) is 5.10 Å². The standard InChI is InChI=1S/C17H14N6O/c1-8-4-5-10-9(7-21-23-10)12(8)13-14(18)16(17(19)24)22-11-3-2-6-20-15(11)13/h2-7H,18H2,1H3,(H2,19,24)(H,21,23). The second kappa shape index (κ2) is 5.02. The van der Waals surface area contributed by atoms with Crippen LogP contribution < -0.4 is 11.5 Å². The molecule has 7 nitrogen and oxygen atoms in total. The average Bonchev–Trinajstić information content (AvgIpc) is 3.04. The number of aryl methyl sites for hydroxylation is 1. The van der Waals surface area contributed by atoms with Crippen molar-refractivity contribution in [2.24, 2.45) is 5.73 Å². The van der Waals surface area contributed by atoms with Crippen LogP contribution >= 0.6 is 0 Å². The van der Waals surface area contributed by atoms with Gasteiger partial charge < -0.3 is 11.5 Å². The summed E-state index contributed by atoms with van der Waals surface area (Å²) < 4.78 is 0. The minimum Gasteiger partial charge on any atom is -0.396 e. The van der Waals surface area contributed by atoms with Crippen molar-refractivity contribution in [3.63, 3.8) is 0 Å². The minimum atomic E-state index is -0.670. The van der Waals surface area contributed by atoms with Crippen molar-refractivity contribution in [2.45, 2.75) is 6.92 Å². The molecule has 0 atom stereocenters. The van der Waals surface area contributed by atoms with Gasteiger partial charge in [0.25, 0.3) is 5.91 Å². The lowest BCUT2D eigenvalue weighted by molar-refractivity contribution is 0.0997. The largest absolute Gasteiger partial charge is 0.396 e. The van der Waals surface area contributed by atoms with Crippen LogP contribution in [0.5, 0.6) is 0 Å². The number of benzene rings is 1. The number of anilines is 1. The Bertz CT molecular complexity index is 1110. The van der Waals surface area contributed by atoms with Gasteiger partial charge in [0.05, 0.1) is 28.4 Å². The smallest absolute Gasteiger partial charge is 0.269 e. The molecule has 0 saturated heterocycles. The average molecular weight is 318 g/mol. The molecule has 0 radical (unpaired) electrons. The first-order valence-corrected chi connectivity index (χ1v) is 7.35. The number of aromatic nitrogens is 4. The summed E-state index contributed by atoms with van der Waals surface area (Å²) in [7, 11) is 0. The lowest BCUT2D eigenvalue weighted by Gasteiger charge is -2.15. The van der Waals surface area contributed by atoms with E-state index in [-0.39, 0.29) is 11.4 Å². The van der Waals surface area contributed by atoms with E-state index in [9.17, 15) is 4.79 Å². The number of carbonyl (C=O) groups excluding carboxylic acids is 1. The zero-order chi connectivity index (χ0) is 16.8. The Morgan fingerprint density at radius 1 is 1.21 bits per heavy atom. The monoisotopic (exact) mass is 318 g/mol. The quantitative estimate of drug-likeness (QED) is 0.522. The highest BCUT2D eigenvalue weighted by Crippen LogP contribution is 2.39. The van der Waals surface area contributed by atoms with Gasteiger partial charge in [0.1, 0.15) is 0 Å². The van der Waals surface area contributed by atoms with Gasteiger partial charge in [-0.15, -0.1) is 0 Å². The topological polar surface area (TPSA) is 124 Å². The van der Waals surface area contributed by atoms with Crippen molar-refractivity contribution in [3.8, 4) is 11.1 Å². The molecule has 7 heteroatoms. The predicted octanol–water partition coefficient (Wildman–Crippen LogP) is 2.16. The van der Waals surface area contributed by atoms with E-state index in [2.05, 4.69) is 20.2 Å². The summed E-state index contributed by atoms with van der Waals surface area (Å²) in [5, 5.41) is 7.94. The van der Waals surface area contributed by atoms with E-state index in [0.717, 1.165) is 22.0 Å². The third-order valence-electron chi connectivity index (χ3n) is 4.10. The molecule has 0 spiro atoms. The van der Waals surface area contributed by atoms with E-state index in [4.69, 9.17) is 11.5 Å². The molecular formula is C17H14N6O. The summed E-state index contributed by atoms with van der Waals surface area (Å²) in [5.41, 5.74) is 16.6. The predicted molar refractivity (Wildman–Crippen MR) is 92.3 cm³/mol. The van der Waals surface area contributed by atoms with Crippen LogP contribution in [0.3, 0.4) is 0 Å². The molecule has 0 aliphatic rings. The normalized spacial score (nSPS) is 11.2. The first-order chi connectivity index (χ1) is 11.6. The number of H-pyrrole nitrogens is 1. The summed E-state index contributed by atoms with van der Waals surface area (Å²) in [4.78, 5) is 20.5. The summed E-state index contributed by atoms with van der Waals surface area (Å²) in [6.07, 6.45) is 3.40. The first-order valence-electron chi connectivity index (χ1n) is 7.35. The number of hydrogen-bond acceptors (Lipinski definition) is 5. The van der Waals surface area contributed by atoms with Gasteiger partial charge in [0.2, 0.25) is 0 Å². The highest BCUT2D eigenvalue weighted by molar-refractivity contribution is 6.12. The van der Waals surface area contributed by atoms with Crippen LogP contribution in [0, 0.1) is 6.92 Å². The van der Waals surface area contributed by atoms with Gasteiger partial charge in [-0.1, -0.05) is 6.07 Å². The molecule has 4 rings (SSSR count). The number of hydrogen-bond donors (Lipinski definition) is 3. The number of carbonyl (C=O) groups is 1. The number of pyridine rings is 2. The molecule has 0 unspecified atom stereocenters. The van der Waals surface area contributed by atoms with Crippen LogP contribution in [-0.4, -0.2) is 26.1 Å². The third kappa shape index (κ3) is 1.91. The fraction of sp³-hybridized carbons (Fsp3) is 0.0588. The molecule has 0 aliphatic heterocycles. The second-order valence-electron chi connectivity index (χ2n) is 5.57. The fourth-order valence-corrected chi connectivity index (χ4v) is 3.01. The second-order valence-corrected chi connectivity index (χ2v) is 5.57. The lowest BCUT2D eigenvalue weighted by atomic mass is 9.94. The third-order valence-corrected chi connectivity index (χ3v) is 4.10. The number of nitrogens with one attached hydrogen (secondary N) is 1. The highest BCUT2D eigenvalue weighted by Gasteiger charge is 2.21. The zero-order valence-corrected chi connectivity index (χ0v) is 12.9. The molecule has 5 N–H and O–H groups in total. The van der Waals surface area contributed by atoms with Crippen LogP contribution in [0.4, 0.5) is 5.69 Å². The number of amides is 1. The number of nitrogens with two attached hydrogens (primary N) is 2. The van der Waals surface area contributed by atoms with Gasteiger partial charge in [-0.3, -0.25) is 14.9 Å². The minimum absolute atomic E-state index is 0.0467. The first kappa shape index (κ1) is 14.1. The van der Waals surface area contributed by atoms with Gasteiger partial charge >= 0.3 is 0 Å². The van der Waals surface area contributed by atoms with Crippen molar-refractivity contribution in [1.29, 1.82) is 0 Å². The Kier molecular flexibility index (Phi) is 2.96. The van der Waals surface area contributed by atoms with E-state index in [0.29, 0.717) is 16.6 Å². The highest BCUT2D eigenvalue weighted by atomic mass is 16.1. The van der Waals surface area contributed by atoms with Gasteiger partial charge in [0, 0.05) is 17.1 Å². The maximum atomic E-state index is 11.8. The van der Waals surface area contributed by atoms with E-state index in [1.54, 1.807) is 24.5 Å². The number of rotatable bonds is 2. The SMILES string of the molecule is Cc1ccc2[nH]ncc2c1-c1c(N)c(C(N)=O)nc2cccnc12. The number of aromatic amines is 1. The Hall–Kier alpha value is -3.48. The van der Waals surface area contributed by atoms with E-state index in [1.165, 1.54) is 0 Å². The number of primary amides is 1. The summed E-state index contributed by atoms with van der Waals surface area (Å²) >= 11 is 0. The fourth-order valence-electron chi connectivity index (χ4n) is 3.01. The maximum absolute atomic E-state index is 11.8. The Morgan fingerprint density at radius 2 is 2.04 bits per heavy atom. The number of fused-ring (bicyclic) bond motifs is 2. The van der Waals surface area contributed by atoms with Crippen LogP contribution in [0.25, 0.3) is 33.1 Å². The van der Waals surface area contributed by atoms with Crippen molar-refractivity contribution in [3.05, 3.63) is 47.9 Å².